The summed E-state index contributed by atoms with van der Waals surface area (Å²) >= 11 is 1.56. The molecule has 34 heavy (non-hydrogen) atoms. The zero-order valence-corrected chi connectivity index (χ0v) is 21.8. The van der Waals surface area contributed by atoms with Crippen LogP contribution in [0.1, 0.15) is 75.0 Å². The Bertz CT molecular complexity index is 1250. The zero-order chi connectivity index (χ0) is 24.6. The highest BCUT2D eigenvalue weighted by molar-refractivity contribution is 7.17. The van der Waals surface area contributed by atoms with Crippen molar-refractivity contribution in [2.24, 2.45) is 11.3 Å². The van der Waals surface area contributed by atoms with E-state index in [1.165, 1.54) is 10.4 Å². The van der Waals surface area contributed by atoms with E-state index in [9.17, 15) is 9.59 Å². The molecule has 0 spiro atoms. The largest absolute Gasteiger partial charge is 0.322 e. The third-order valence-corrected chi connectivity index (χ3v) is 8.27. The molecule has 2 N–H and O–H groups in total. The molecule has 0 aliphatic heterocycles. The number of anilines is 2. The van der Waals surface area contributed by atoms with Gasteiger partial charge >= 0.3 is 0 Å². The number of hydrogen-bond donors (Lipinski definition) is 2. The quantitative estimate of drug-likeness (QED) is 0.416. The standard InChI is InChI=1S/C29H34N2O2S/c1-17-11-13-21(15-19(17)3)30-27(33)25-23-14-12-20(29(4,5)6)16-24(23)34-28(25)31-26(32)22-10-8-7-9-18(22)2/h7-11,13,15,20H,12,14,16H2,1-6H3,(H,30,33)(H,31,32). The number of carbonyl (C=O) groups excluding carboxylic acids is 2. The van der Waals surface area contributed by atoms with E-state index in [4.69, 9.17) is 0 Å². The van der Waals surface area contributed by atoms with Gasteiger partial charge in [-0.25, -0.2) is 0 Å². The number of carbonyl (C=O) groups is 2. The first-order valence-electron chi connectivity index (χ1n) is 11.9. The fourth-order valence-corrected chi connectivity index (χ4v) is 5.98. The van der Waals surface area contributed by atoms with Gasteiger partial charge in [0.15, 0.2) is 0 Å². The number of benzene rings is 2. The number of hydrogen-bond acceptors (Lipinski definition) is 3. The highest BCUT2D eigenvalue weighted by Crippen LogP contribution is 2.44. The topological polar surface area (TPSA) is 58.2 Å². The maximum Gasteiger partial charge on any atom is 0.258 e. The Hall–Kier alpha value is -2.92. The Morgan fingerprint density at radius 1 is 0.912 bits per heavy atom. The van der Waals surface area contributed by atoms with Crippen LogP contribution in [0, 0.1) is 32.1 Å². The highest BCUT2D eigenvalue weighted by atomic mass is 32.1. The summed E-state index contributed by atoms with van der Waals surface area (Å²) in [6, 6.07) is 13.5. The van der Waals surface area contributed by atoms with Gasteiger partial charge in [0.25, 0.3) is 11.8 Å². The Morgan fingerprint density at radius 2 is 1.65 bits per heavy atom. The van der Waals surface area contributed by atoms with E-state index in [1.807, 2.05) is 56.3 Å². The number of aryl methyl sites for hydroxylation is 3. The SMILES string of the molecule is Cc1ccc(NC(=O)c2c(NC(=O)c3ccccc3C)sc3c2CCC(C(C)(C)C)C3)cc1C. The molecule has 0 radical (unpaired) electrons. The van der Waals surface area contributed by atoms with Gasteiger partial charge in [0.05, 0.1) is 5.56 Å². The van der Waals surface area contributed by atoms with Crippen molar-refractivity contribution < 1.29 is 9.59 Å². The molecule has 1 aliphatic rings. The molecular formula is C29H34N2O2S. The van der Waals surface area contributed by atoms with E-state index < -0.39 is 0 Å². The summed E-state index contributed by atoms with van der Waals surface area (Å²) in [6.45, 7) is 12.9. The van der Waals surface area contributed by atoms with Crippen molar-refractivity contribution in [1.29, 1.82) is 0 Å². The zero-order valence-electron chi connectivity index (χ0n) is 21.0. The van der Waals surface area contributed by atoms with Crippen molar-refractivity contribution in [3.63, 3.8) is 0 Å². The molecule has 2 aromatic carbocycles. The van der Waals surface area contributed by atoms with Gasteiger partial charge < -0.3 is 10.6 Å². The van der Waals surface area contributed by atoms with Gasteiger partial charge in [0.1, 0.15) is 5.00 Å². The van der Waals surface area contributed by atoms with Gasteiger partial charge in [-0.3, -0.25) is 9.59 Å². The summed E-state index contributed by atoms with van der Waals surface area (Å²) in [4.78, 5) is 27.9. The van der Waals surface area contributed by atoms with Crippen molar-refractivity contribution in [1.82, 2.24) is 0 Å². The Morgan fingerprint density at radius 3 is 2.32 bits per heavy atom. The van der Waals surface area contributed by atoms with Gasteiger partial charge in [-0.2, -0.15) is 0 Å². The van der Waals surface area contributed by atoms with E-state index in [0.29, 0.717) is 22.0 Å². The normalized spacial score (nSPS) is 15.5. The maximum atomic E-state index is 13.6. The van der Waals surface area contributed by atoms with Crippen LogP contribution in [0.15, 0.2) is 42.5 Å². The fourth-order valence-electron chi connectivity index (χ4n) is 4.66. The van der Waals surface area contributed by atoms with Crippen LogP contribution in [-0.2, 0) is 12.8 Å². The Labute approximate surface area is 206 Å². The van der Waals surface area contributed by atoms with Gasteiger partial charge in [0, 0.05) is 16.1 Å². The lowest BCUT2D eigenvalue weighted by atomic mass is 9.72. The number of thiophene rings is 1. The molecule has 178 valence electrons. The molecule has 0 saturated heterocycles. The smallest absolute Gasteiger partial charge is 0.258 e. The second-order valence-corrected chi connectivity index (χ2v) is 11.6. The minimum atomic E-state index is -0.177. The highest BCUT2D eigenvalue weighted by Gasteiger charge is 2.34. The van der Waals surface area contributed by atoms with E-state index in [0.717, 1.165) is 41.6 Å². The number of nitrogens with one attached hydrogen (secondary N) is 2. The van der Waals surface area contributed by atoms with E-state index in [2.05, 4.69) is 38.3 Å². The van der Waals surface area contributed by atoms with Crippen LogP contribution in [0.5, 0.6) is 0 Å². The molecule has 1 aliphatic carbocycles. The first-order valence-corrected chi connectivity index (χ1v) is 12.8. The lowest BCUT2D eigenvalue weighted by Gasteiger charge is -2.33. The molecule has 5 heteroatoms. The van der Waals surface area contributed by atoms with Crippen LogP contribution in [0.25, 0.3) is 0 Å². The molecule has 2 amide bonds. The summed E-state index contributed by atoms with van der Waals surface area (Å²) < 4.78 is 0. The second kappa shape index (κ2) is 9.38. The van der Waals surface area contributed by atoms with Crippen molar-refractivity contribution in [2.45, 2.75) is 60.8 Å². The molecule has 1 unspecified atom stereocenters. The summed E-state index contributed by atoms with van der Waals surface area (Å²) in [5, 5.41) is 6.82. The van der Waals surface area contributed by atoms with Crippen LogP contribution in [0.3, 0.4) is 0 Å². The van der Waals surface area contributed by atoms with Crippen LogP contribution < -0.4 is 10.6 Å². The average Bonchev–Trinajstić information content (AvgIpc) is 3.13. The number of fused-ring (bicyclic) bond motifs is 1. The molecule has 0 saturated carbocycles. The third-order valence-electron chi connectivity index (χ3n) is 7.10. The van der Waals surface area contributed by atoms with Gasteiger partial charge in [-0.1, -0.05) is 45.0 Å². The van der Waals surface area contributed by atoms with Gasteiger partial charge in [-0.05, 0) is 91.8 Å². The van der Waals surface area contributed by atoms with Gasteiger partial charge in [-0.15, -0.1) is 11.3 Å². The van der Waals surface area contributed by atoms with Crippen molar-refractivity contribution in [3.05, 3.63) is 80.7 Å². The molecule has 4 nitrogen and oxygen atoms in total. The first-order chi connectivity index (χ1) is 16.0. The lowest BCUT2D eigenvalue weighted by molar-refractivity contribution is 0.102. The van der Waals surface area contributed by atoms with E-state index >= 15 is 0 Å². The van der Waals surface area contributed by atoms with Crippen molar-refractivity contribution in [2.75, 3.05) is 10.6 Å². The van der Waals surface area contributed by atoms with Crippen LogP contribution in [0.4, 0.5) is 10.7 Å². The molecule has 1 aromatic heterocycles. The second-order valence-electron chi connectivity index (χ2n) is 10.5. The summed E-state index contributed by atoms with van der Waals surface area (Å²) in [5.74, 6) is 0.216. The van der Waals surface area contributed by atoms with Crippen LogP contribution in [0.2, 0.25) is 0 Å². The molecule has 4 rings (SSSR count). The van der Waals surface area contributed by atoms with Crippen LogP contribution >= 0.6 is 11.3 Å². The summed E-state index contributed by atoms with van der Waals surface area (Å²) in [7, 11) is 0. The predicted octanol–water partition coefficient (Wildman–Crippen LogP) is 7.33. The molecule has 3 aromatic rings. The molecule has 1 heterocycles. The minimum absolute atomic E-state index is 0.157. The maximum absolute atomic E-state index is 13.6. The number of amides is 2. The molecule has 0 fully saturated rings. The van der Waals surface area contributed by atoms with Crippen LogP contribution in [-0.4, -0.2) is 11.8 Å². The Kier molecular flexibility index (Phi) is 6.68. The monoisotopic (exact) mass is 474 g/mol. The predicted molar refractivity (Wildman–Crippen MR) is 142 cm³/mol. The van der Waals surface area contributed by atoms with Crippen molar-refractivity contribution >= 4 is 33.8 Å². The van der Waals surface area contributed by atoms with E-state index in [1.54, 1.807) is 11.3 Å². The molecular weight excluding hydrogens is 440 g/mol. The fraction of sp³-hybridized carbons (Fsp3) is 0.379. The van der Waals surface area contributed by atoms with Crippen molar-refractivity contribution in [3.8, 4) is 0 Å². The molecule has 1 atom stereocenters. The number of rotatable bonds is 4. The average molecular weight is 475 g/mol. The minimum Gasteiger partial charge on any atom is -0.322 e. The summed E-state index contributed by atoms with van der Waals surface area (Å²) in [6.07, 6.45) is 2.83. The first kappa shape index (κ1) is 24.2. The van der Waals surface area contributed by atoms with Gasteiger partial charge in [0.2, 0.25) is 0 Å². The molecule has 0 bridgehead atoms. The Balaban J connectivity index is 1.70. The lowest BCUT2D eigenvalue weighted by Crippen LogP contribution is -2.27. The van der Waals surface area contributed by atoms with E-state index in [-0.39, 0.29) is 17.2 Å². The third kappa shape index (κ3) is 4.95. The summed E-state index contributed by atoms with van der Waals surface area (Å²) in [5.41, 5.74) is 6.54.